The number of carbonyl (C=O) groups excluding carboxylic acids is 3. The van der Waals surface area contributed by atoms with Gasteiger partial charge in [-0.05, 0) is 122 Å². The zero-order valence-electron chi connectivity index (χ0n) is 57.5. The largest absolute Gasteiger partial charge is 0.545 e. The van der Waals surface area contributed by atoms with E-state index in [1.54, 1.807) is 0 Å². The Balaban J connectivity index is 4.17. The van der Waals surface area contributed by atoms with Gasteiger partial charge in [0, 0.05) is 12.8 Å². The number of ether oxygens (including phenoxy) is 4. The Labute approximate surface area is 546 Å². The summed E-state index contributed by atoms with van der Waals surface area (Å²) in [4.78, 5) is 37.5. The first-order valence-electron chi connectivity index (χ1n) is 35.6. The van der Waals surface area contributed by atoms with Crippen molar-refractivity contribution in [1.82, 2.24) is 0 Å². The molecule has 0 spiro atoms. The predicted molar refractivity (Wildman–Crippen MR) is 379 cm³/mol. The molecule has 504 valence electrons. The third-order valence-corrected chi connectivity index (χ3v) is 14.8. The van der Waals surface area contributed by atoms with Crippen molar-refractivity contribution in [3.8, 4) is 0 Å². The molecular formula is C80H131NO8. The summed E-state index contributed by atoms with van der Waals surface area (Å²) in [6, 6.07) is 0. The van der Waals surface area contributed by atoms with E-state index in [0.29, 0.717) is 17.4 Å². The number of hydrogen-bond acceptors (Lipinski definition) is 8. The fraction of sp³-hybridized carbons (Fsp3) is 0.637. The normalized spacial score (nSPS) is 13.7. The number of aliphatic carboxylic acids is 1. The van der Waals surface area contributed by atoms with E-state index < -0.39 is 24.3 Å². The molecule has 89 heavy (non-hydrogen) atoms. The highest BCUT2D eigenvalue weighted by Gasteiger charge is 2.22. The molecule has 0 saturated heterocycles. The molecule has 0 radical (unpaired) electrons. The van der Waals surface area contributed by atoms with Gasteiger partial charge in [0.05, 0.1) is 40.3 Å². The van der Waals surface area contributed by atoms with Crippen LogP contribution >= 0.6 is 0 Å². The molecule has 0 fully saturated rings. The number of likely N-dealkylation sites (N-methyl/N-ethyl adjacent to an activating group) is 1. The first kappa shape index (κ1) is 83.9. The van der Waals surface area contributed by atoms with Crippen LogP contribution < -0.4 is 5.11 Å². The Hall–Kier alpha value is -5.09. The highest BCUT2D eigenvalue weighted by atomic mass is 16.7. The minimum absolute atomic E-state index is 0.139. The van der Waals surface area contributed by atoms with Crippen LogP contribution in [0.25, 0.3) is 0 Å². The topological polar surface area (TPSA) is 111 Å². The third-order valence-electron chi connectivity index (χ3n) is 14.8. The van der Waals surface area contributed by atoms with Gasteiger partial charge in [-0.1, -0.05) is 294 Å². The van der Waals surface area contributed by atoms with E-state index >= 15 is 0 Å². The van der Waals surface area contributed by atoms with E-state index in [9.17, 15) is 19.5 Å². The number of unbranched alkanes of at least 4 members (excludes halogenated alkanes) is 23. The van der Waals surface area contributed by atoms with Gasteiger partial charge in [-0.25, -0.2) is 0 Å². The Bertz CT molecular complexity index is 2020. The van der Waals surface area contributed by atoms with E-state index in [1.807, 2.05) is 21.1 Å². The molecule has 0 bridgehead atoms. The SMILES string of the molecule is CC/C=C\C/C=C\C/C=C\C/C=C\C/C=C\C/C=C\C/C=C\CCCCCCCCCCCC(=O)OC(COC(=O)CCCCCCCCCCCCCCCC/C=C\C/C=C\C/C=C\C/C=C\C/C=C\C/C=C\CC)COC(OCC[N+](C)(C)C)C(=O)[O-]. The molecule has 0 aliphatic rings. The number of nitrogens with zero attached hydrogens (tertiary/aromatic N) is 1. The minimum atomic E-state index is -1.63. The second-order valence-corrected chi connectivity index (χ2v) is 24.4. The average Bonchev–Trinajstić information content (AvgIpc) is 3.64. The smallest absolute Gasteiger partial charge is 0.306 e. The summed E-state index contributed by atoms with van der Waals surface area (Å²) in [6.07, 6.45) is 98.9. The van der Waals surface area contributed by atoms with Crippen LogP contribution in [-0.2, 0) is 33.3 Å². The lowest BCUT2D eigenvalue weighted by Gasteiger charge is -2.26. The molecule has 0 aliphatic carbocycles. The average molecular weight is 1230 g/mol. The summed E-state index contributed by atoms with van der Waals surface area (Å²) in [5.74, 6) is -2.30. The molecule has 9 heteroatoms. The van der Waals surface area contributed by atoms with Gasteiger partial charge in [0.25, 0.3) is 0 Å². The van der Waals surface area contributed by atoms with E-state index in [4.69, 9.17) is 18.9 Å². The molecule has 0 aromatic rings. The van der Waals surface area contributed by atoms with E-state index in [-0.39, 0.29) is 38.6 Å². The van der Waals surface area contributed by atoms with Gasteiger partial charge in [0.2, 0.25) is 0 Å². The van der Waals surface area contributed by atoms with Crippen molar-refractivity contribution in [2.24, 2.45) is 0 Å². The van der Waals surface area contributed by atoms with Crippen molar-refractivity contribution >= 4 is 17.9 Å². The first-order chi connectivity index (χ1) is 43.6. The van der Waals surface area contributed by atoms with Crippen LogP contribution in [0, 0.1) is 0 Å². The zero-order valence-corrected chi connectivity index (χ0v) is 57.5. The summed E-state index contributed by atoms with van der Waals surface area (Å²) in [6.45, 7) is 4.51. The van der Waals surface area contributed by atoms with Gasteiger partial charge in [-0.3, -0.25) is 9.59 Å². The van der Waals surface area contributed by atoms with Crippen molar-refractivity contribution in [1.29, 1.82) is 0 Å². The molecule has 0 rings (SSSR count). The standard InChI is InChI=1S/C80H131NO8/c1-6-8-10-12-14-16-18-20-22-24-26-28-30-32-34-36-38-39-41-42-44-46-48-50-52-54-56-58-60-62-64-66-68-70-77(82)87-74-76(75-88-80(79(84)85)86-73-72-81(3,4)5)89-78(83)71-69-67-65-63-61-59-57-55-53-51-49-47-45-43-40-37-35-33-31-29-27-25-23-21-19-17-15-13-11-9-7-2/h8-11,14-17,20-23,26-29,32-35,38-40,43,47,49,76,80H,6-7,12-13,18-19,24-25,30-31,36-37,41-42,44-46,48,50-75H2,1-5H3/b10-8-,11-9-,16-14-,17-15-,22-20-,23-21-,28-26-,29-27-,34-32-,35-33-,39-38-,43-40-,49-47-. The number of esters is 2. The van der Waals surface area contributed by atoms with Crippen molar-refractivity contribution < 1.29 is 42.9 Å². The lowest BCUT2D eigenvalue weighted by molar-refractivity contribution is -0.870. The van der Waals surface area contributed by atoms with Gasteiger partial charge in [0.1, 0.15) is 13.2 Å². The Morgan fingerprint density at radius 3 is 0.899 bits per heavy atom. The number of hydrogen-bond donors (Lipinski definition) is 0. The maximum atomic E-state index is 12.9. The molecule has 0 N–H and O–H groups in total. The molecule has 2 atom stereocenters. The van der Waals surface area contributed by atoms with Crippen molar-refractivity contribution in [3.63, 3.8) is 0 Å². The second-order valence-electron chi connectivity index (χ2n) is 24.4. The number of allylic oxidation sites excluding steroid dienone is 26. The van der Waals surface area contributed by atoms with E-state index in [1.165, 1.54) is 109 Å². The molecular weight excluding hydrogens is 1100 g/mol. The van der Waals surface area contributed by atoms with Gasteiger partial charge in [-0.2, -0.15) is 0 Å². The van der Waals surface area contributed by atoms with Crippen LogP contribution in [0.5, 0.6) is 0 Å². The van der Waals surface area contributed by atoms with E-state index in [0.717, 1.165) is 128 Å². The monoisotopic (exact) mass is 1230 g/mol. The number of carbonyl (C=O) groups is 3. The molecule has 0 amide bonds. The van der Waals surface area contributed by atoms with E-state index in [2.05, 4.69) is 172 Å². The lowest BCUT2D eigenvalue weighted by Crippen LogP contribution is -2.44. The summed E-state index contributed by atoms with van der Waals surface area (Å²) >= 11 is 0. The molecule has 0 aromatic heterocycles. The number of carboxylic acid groups (broad SMARTS) is 1. The molecule has 0 saturated carbocycles. The zero-order chi connectivity index (χ0) is 64.7. The lowest BCUT2D eigenvalue weighted by atomic mass is 10.0. The third kappa shape index (κ3) is 70.2. The van der Waals surface area contributed by atoms with Gasteiger partial charge >= 0.3 is 11.9 Å². The number of carboxylic acids is 1. The second kappa shape index (κ2) is 68.8. The highest BCUT2D eigenvalue weighted by molar-refractivity contribution is 5.70. The molecule has 0 aromatic carbocycles. The van der Waals surface area contributed by atoms with Gasteiger partial charge in [0.15, 0.2) is 12.4 Å². The van der Waals surface area contributed by atoms with Crippen LogP contribution in [0.4, 0.5) is 0 Å². The maximum Gasteiger partial charge on any atom is 0.306 e. The number of rotatable bonds is 64. The number of quaternary nitrogens is 1. The fourth-order valence-electron chi connectivity index (χ4n) is 9.40. The molecule has 2 unspecified atom stereocenters. The summed E-state index contributed by atoms with van der Waals surface area (Å²) in [5, 5.41) is 11.8. The van der Waals surface area contributed by atoms with Gasteiger partial charge in [-0.15, -0.1) is 0 Å². The van der Waals surface area contributed by atoms with Crippen LogP contribution in [0.1, 0.15) is 271 Å². The van der Waals surface area contributed by atoms with Crippen LogP contribution in [0.3, 0.4) is 0 Å². The molecule has 9 nitrogen and oxygen atoms in total. The predicted octanol–water partition coefficient (Wildman–Crippen LogP) is 21.1. The quantitative estimate of drug-likeness (QED) is 0.0195. The summed E-state index contributed by atoms with van der Waals surface area (Å²) in [7, 11) is 5.92. The van der Waals surface area contributed by atoms with Crippen LogP contribution in [-0.4, -0.2) is 82.3 Å². The summed E-state index contributed by atoms with van der Waals surface area (Å²) in [5.41, 5.74) is 0. The Kier molecular flexibility index (Phi) is 64.9. The van der Waals surface area contributed by atoms with Gasteiger partial charge < -0.3 is 33.3 Å². The molecule has 0 heterocycles. The van der Waals surface area contributed by atoms with Crippen molar-refractivity contribution in [3.05, 3.63) is 158 Å². The van der Waals surface area contributed by atoms with Crippen LogP contribution in [0.2, 0.25) is 0 Å². The highest BCUT2D eigenvalue weighted by Crippen LogP contribution is 2.16. The van der Waals surface area contributed by atoms with Crippen molar-refractivity contribution in [2.45, 2.75) is 283 Å². The maximum absolute atomic E-state index is 12.9. The molecule has 0 aliphatic heterocycles. The Morgan fingerprint density at radius 2 is 0.607 bits per heavy atom. The summed E-state index contributed by atoms with van der Waals surface area (Å²) < 4.78 is 22.8. The first-order valence-corrected chi connectivity index (χ1v) is 35.6. The Morgan fingerprint density at radius 1 is 0.337 bits per heavy atom. The fourth-order valence-corrected chi connectivity index (χ4v) is 9.40. The van der Waals surface area contributed by atoms with Crippen molar-refractivity contribution in [2.75, 3.05) is 47.5 Å². The van der Waals surface area contributed by atoms with Crippen LogP contribution in [0.15, 0.2) is 158 Å². The minimum Gasteiger partial charge on any atom is -0.545 e.